The average Bonchev–Trinajstić information content (AvgIpc) is 2.38. The molecule has 1 heterocycles. The number of hydrogen-bond acceptors (Lipinski definition) is 3. The van der Waals surface area contributed by atoms with Crippen molar-refractivity contribution in [3.8, 4) is 0 Å². The molecule has 3 atom stereocenters. The zero-order valence-electron chi connectivity index (χ0n) is 12.3. The second-order valence-corrected chi connectivity index (χ2v) is 7.05. The van der Waals surface area contributed by atoms with Crippen molar-refractivity contribution in [1.82, 2.24) is 4.90 Å². The number of rotatable bonds is 2. The lowest BCUT2D eigenvalue weighted by molar-refractivity contribution is -0.0657. The van der Waals surface area contributed by atoms with Crippen LogP contribution in [0, 0.1) is 11.3 Å². The van der Waals surface area contributed by atoms with Crippen molar-refractivity contribution in [1.29, 1.82) is 0 Å². The Labute approximate surface area is 112 Å². The predicted octanol–water partition coefficient (Wildman–Crippen LogP) is 2.25. The third-order valence-corrected chi connectivity index (χ3v) is 4.74. The van der Waals surface area contributed by atoms with Gasteiger partial charge in [0, 0.05) is 25.7 Å². The first-order chi connectivity index (χ1) is 8.52. The fourth-order valence-electron chi connectivity index (χ4n) is 3.74. The second-order valence-electron chi connectivity index (χ2n) is 7.05. The number of morpholine rings is 1. The third-order valence-electron chi connectivity index (χ3n) is 4.74. The van der Waals surface area contributed by atoms with E-state index in [2.05, 4.69) is 25.7 Å². The summed E-state index contributed by atoms with van der Waals surface area (Å²) in [6.45, 7) is 10.8. The van der Waals surface area contributed by atoms with Gasteiger partial charge >= 0.3 is 0 Å². The average molecular weight is 254 g/mol. The molecule has 1 saturated heterocycles. The highest BCUT2D eigenvalue weighted by molar-refractivity contribution is 4.91. The van der Waals surface area contributed by atoms with Gasteiger partial charge in [-0.25, -0.2) is 0 Å². The van der Waals surface area contributed by atoms with E-state index >= 15 is 0 Å². The molecule has 3 nitrogen and oxygen atoms in total. The summed E-state index contributed by atoms with van der Waals surface area (Å²) in [6.07, 6.45) is 5.80. The summed E-state index contributed by atoms with van der Waals surface area (Å²) >= 11 is 0. The summed E-state index contributed by atoms with van der Waals surface area (Å²) in [6, 6.07) is 0.747. The Morgan fingerprint density at radius 3 is 2.61 bits per heavy atom. The molecule has 106 valence electrons. The number of nitrogens with two attached hydrogens (primary N) is 1. The van der Waals surface area contributed by atoms with Crippen LogP contribution in [0.15, 0.2) is 0 Å². The molecule has 0 bridgehead atoms. The maximum Gasteiger partial charge on any atom is 0.0824 e. The zero-order chi connectivity index (χ0) is 13.2. The second kappa shape index (κ2) is 5.89. The first-order valence-electron chi connectivity index (χ1n) is 7.58. The minimum Gasteiger partial charge on any atom is -0.374 e. The molecule has 0 radical (unpaired) electrons. The van der Waals surface area contributed by atoms with E-state index in [1.54, 1.807) is 0 Å². The van der Waals surface area contributed by atoms with Gasteiger partial charge in [-0.15, -0.1) is 0 Å². The number of hydrogen-bond donors (Lipinski definition) is 1. The monoisotopic (exact) mass is 254 g/mol. The lowest BCUT2D eigenvalue weighted by Crippen LogP contribution is -2.54. The van der Waals surface area contributed by atoms with Crippen LogP contribution in [0.25, 0.3) is 0 Å². The van der Waals surface area contributed by atoms with E-state index in [0.29, 0.717) is 12.0 Å². The molecular weight excluding hydrogens is 224 g/mol. The van der Waals surface area contributed by atoms with Crippen molar-refractivity contribution in [3.05, 3.63) is 0 Å². The van der Waals surface area contributed by atoms with Gasteiger partial charge in [0.25, 0.3) is 0 Å². The van der Waals surface area contributed by atoms with Crippen molar-refractivity contribution in [2.45, 2.75) is 58.6 Å². The molecule has 0 aromatic rings. The molecule has 1 aliphatic carbocycles. The van der Waals surface area contributed by atoms with Crippen LogP contribution in [0.1, 0.15) is 46.5 Å². The van der Waals surface area contributed by atoms with Crippen LogP contribution in [-0.4, -0.2) is 43.3 Å². The standard InChI is InChI=1S/C15H30N2O/c1-15(2,3)13-6-4-5-7-14(13)17-8-9-18-12(10-16)11-17/h12-14H,4-11,16H2,1-3H3. The highest BCUT2D eigenvalue weighted by Crippen LogP contribution is 2.40. The van der Waals surface area contributed by atoms with E-state index in [1.165, 1.54) is 25.7 Å². The highest BCUT2D eigenvalue weighted by Gasteiger charge is 2.38. The van der Waals surface area contributed by atoms with E-state index < -0.39 is 0 Å². The quantitative estimate of drug-likeness (QED) is 0.821. The predicted molar refractivity (Wildman–Crippen MR) is 75.6 cm³/mol. The fraction of sp³-hybridized carbons (Fsp3) is 1.00. The molecule has 2 aliphatic rings. The Morgan fingerprint density at radius 1 is 1.22 bits per heavy atom. The van der Waals surface area contributed by atoms with E-state index in [1.807, 2.05) is 0 Å². The van der Waals surface area contributed by atoms with Gasteiger partial charge in [-0.05, 0) is 24.2 Å². The molecule has 1 aliphatic heterocycles. The summed E-state index contributed by atoms with van der Waals surface area (Å²) in [5.41, 5.74) is 6.18. The molecule has 1 saturated carbocycles. The molecule has 0 amide bonds. The SMILES string of the molecule is CC(C)(C)C1CCCCC1N1CCOC(CN)C1. The summed E-state index contributed by atoms with van der Waals surface area (Å²) in [4.78, 5) is 2.66. The van der Waals surface area contributed by atoms with Crippen LogP contribution >= 0.6 is 0 Å². The summed E-state index contributed by atoms with van der Waals surface area (Å²) in [7, 11) is 0. The van der Waals surface area contributed by atoms with E-state index in [4.69, 9.17) is 10.5 Å². The molecule has 3 heteroatoms. The Hall–Kier alpha value is -0.120. The zero-order valence-corrected chi connectivity index (χ0v) is 12.3. The molecule has 3 unspecified atom stereocenters. The smallest absolute Gasteiger partial charge is 0.0824 e. The van der Waals surface area contributed by atoms with Crippen molar-refractivity contribution < 1.29 is 4.74 Å². The molecule has 0 spiro atoms. The van der Waals surface area contributed by atoms with Gasteiger partial charge in [0.1, 0.15) is 0 Å². The van der Waals surface area contributed by atoms with Gasteiger partial charge in [0.05, 0.1) is 12.7 Å². The minimum absolute atomic E-state index is 0.251. The van der Waals surface area contributed by atoms with Crippen LogP contribution < -0.4 is 5.73 Å². The van der Waals surface area contributed by atoms with Crippen LogP contribution in [0.5, 0.6) is 0 Å². The lowest BCUT2D eigenvalue weighted by atomic mass is 9.69. The van der Waals surface area contributed by atoms with Crippen LogP contribution in [-0.2, 0) is 4.74 Å². The normalized spacial score (nSPS) is 35.7. The van der Waals surface area contributed by atoms with Gasteiger partial charge in [0.2, 0.25) is 0 Å². The molecule has 0 aromatic heterocycles. The first kappa shape index (κ1) is 14.3. The van der Waals surface area contributed by atoms with Gasteiger partial charge in [-0.1, -0.05) is 33.6 Å². The van der Waals surface area contributed by atoms with Gasteiger partial charge < -0.3 is 10.5 Å². The van der Waals surface area contributed by atoms with Crippen molar-refractivity contribution in [2.75, 3.05) is 26.2 Å². The summed E-state index contributed by atoms with van der Waals surface area (Å²) in [5, 5.41) is 0. The molecule has 2 rings (SSSR count). The largest absolute Gasteiger partial charge is 0.374 e. The molecule has 2 fully saturated rings. The highest BCUT2D eigenvalue weighted by atomic mass is 16.5. The third kappa shape index (κ3) is 3.25. The Bertz CT molecular complexity index is 262. The molecular formula is C15H30N2O. The van der Waals surface area contributed by atoms with Gasteiger partial charge in [-0.2, -0.15) is 0 Å². The Balaban J connectivity index is 2.04. The minimum atomic E-state index is 0.251. The lowest BCUT2D eigenvalue weighted by Gasteiger charge is -2.48. The molecule has 2 N–H and O–H groups in total. The van der Waals surface area contributed by atoms with Crippen molar-refractivity contribution >= 4 is 0 Å². The maximum atomic E-state index is 5.76. The Morgan fingerprint density at radius 2 is 1.94 bits per heavy atom. The van der Waals surface area contributed by atoms with Gasteiger partial charge in [0.15, 0.2) is 0 Å². The number of nitrogens with zero attached hydrogens (tertiary/aromatic N) is 1. The van der Waals surface area contributed by atoms with Crippen LogP contribution in [0.4, 0.5) is 0 Å². The van der Waals surface area contributed by atoms with Crippen molar-refractivity contribution in [3.63, 3.8) is 0 Å². The van der Waals surface area contributed by atoms with E-state index in [0.717, 1.165) is 31.7 Å². The summed E-state index contributed by atoms with van der Waals surface area (Å²) in [5.74, 6) is 0.822. The first-order valence-corrected chi connectivity index (χ1v) is 7.58. The molecule has 18 heavy (non-hydrogen) atoms. The number of ether oxygens (including phenoxy) is 1. The summed E-state index contributed by atoms with van der Waals surface area (Å²) < 4.78 is 5.70. The Kier molecular flexibility index (Phi) is 4.68. The van der Waals surface area contributed by atoms with E-state index in [-0.39, 0.29) is 6.10 Å². The van der Waals surface area contributed by atoms with E-state index in [9.17, 15) is 0 Å². The molecule has 0 aromatic carbocycles. The topological polar surface area (TPSA) is 38.5 Å². The maximum absolute atomic E-state index is 5.76. The fourth-order valence-corrected chi connectivity index (χ4v) is 3.74. The van der Waals surface area contributed by atoms with Crippen LogP contribution in [0.3, 0.4) is 0 Å². The van der Waals surface area contributed by atoms with Crippen molar-refractivity contribution in [2.24, 2.45) is 17.1 Å². The van der Waals surface area contributed by atoms with Crippen LogP contribution in [0.2, 0.25) is 0 Å². The van der Waals surface area contributed by atoms with Gasteiger partial charge in [-0.3, -0.25) is 4.90 Å².